The highest BCUT2D eigenvalue weighted by molar-refractivity contribution is 8.01. The Hall–Kier alpha value is -3.49. The first-order valence-electron chi connectivity index (χ1n) is 12.0. The van der Waals surface area contributed by atoms with Crippen molar-refractivity contribution < 1.29 is 27.6 Å². The van der Waals surface area contributed by atoms with Gasteiger partial charge in [-0.05, 0) is 25.1 Å². The first-order valence-corrected chi connectivity index (χ1v) is 13.0. The fraction of sp³-hybridized carbons (Fsp3) is 0.542. The molecule has 2 aliphatic heterocycles. The SMILES string of the molecule is CCN1C(=O)C(CNc2ccc(F)c(NC(=O)CN3CCC(F)(F)CC3)c2)SC1C(C#N)C(=O)NCC#N. The summed E-state index contributed by atoms with van der Waals surface area (Å²) in [7, 11) is 0. The number of nitrogens with one attached hydrogen (secondary N) is 3. The lowest BCUT2D eigenvalue weighted by atomic mass is 10.1. The summed E-state index contributed by atoms with van der Waals surface area (Å²) in [5, 5.41) is 24.7. The number of benzene rings is 1. The van der Waals surface area contributed by atoms with E-state index in [2.05, 4.69) is 16.0 Å². The summed E-state index contributed by atoms with van der Waals surface area (Å²) < 4.78 is 41.0. The van der Waals surface area contributed by atoms with Gasteiger partial charge in [0.05, 0.1) is 24.4 Å². The number of thioether (sulfide) groups is 1. The molecule has 3 amide bonds. The molecule has 2 aliphatic rings. The minimum absolute atomic E-state index is 0.0694. The van der Waals surface area contributed by atoms with Crippen molar-refractivity contribution in [3.05, 3.63) is 24.0 Å². The van der Waals surface area contributed by atoms with Gasteiger partial charge in [0.1, 0.15) is 23.0 Å². The van der Waals surface area contributed by atoms with Crippen molar-refractivity contribution in [1.82, 2.24) is 15.1 Å². The number of likely N-dealkylation sites (tertiary alicyclic amines) is 1. The molecule has 0 bridgehead atoms. The van der Waals surface area contributed by atoms with E-state index >= 15 is 0 Å². The molecule has 0 radical (unpaired) electrons. The van der Waals surface area contributed by atoms with Crippen LogP contribution in [0.25, 0.3) is 0 Å². The molecule has 3 unspecified atom stereocenters. The number of alkyl halides is 2. The van der Waals surface area contributed by atoms with E-state index in [1.54, 1.807) is 17.9 Å². The van der Waals surface area contributed by atoms with E-state index in [0.717, 1.165) is 17.8 Å². The van der Waals surface area contributed by atoms with E-state index in [-0.39, 0.29) is 63.7 Å². The molecule has 0 aliphatic carbocycles. The molecule has 0 spiro atoms. The van der Waals surface area contributed by atoms with Gasteiger partial charge in [0, 0.05) is 44.7 Å². The topological polar surface area (TPSA) is 141 Å². The summed E-state index contributed by atoms with van der Waals surface area (Å²) in [6.07, 6.45) is -0.663. The summed E-state index contributed by atoms with van der Waals surface area (Å²) in [5.41, 5.74) is 0.322. The fourth-order valence-corrected chi connectivity index (χ4v) is 5.71. The van der Waals surface area contributed by atoms with Crippen molar-refractivity contribution >= 4 is 40.9 Å². The van der Waals surface area contributed by atoms with Gasteiger partial charge in [0.15, 0.2) is 5.92 Å². The zero-order chi connectivity index (χ0) is 27.9. The van der Waals surface area contributed by atoms with Gasteiger partial charge in [0.2, 0.25) is 17.7 Å². The van der Waals surface area contributed by atoms with Gasteiger partial charge in [-0.3, -0.25) is 19.3 Å². The van der Waals surface area contributed by atoms with Crippen LogP contribution in [-0.4, -0.2) is 83.3 Å². The molecule has 14 heteroatoms. The van der Waals surface area contributed by atoms with E-state index in [4.69, 9.17) is 5.26 Å². The van der Waals surface area contributed by atoms with Crippen LogP contribution in [0.2, 0.25) is 0 Å². The number of hydrogen-bond donors (Lipinski definition) is 3. The van der Waals surface area contributed by atoms with Gasteiger partial charge < -0.3 is 20.9 Å². The van der Waals surface area contributed by atoms with E-state index in [0.29, 0.717) is 5.69 Å². The normalized spacial score (nSPS) is 21.7. The maximum Gasteiger partial charge on any atom is 0.250 e. The van der Waals surface area contributed by atoms with Crippen molar-refractivity contribution in [3.8, 4) is 12.1 Å². The van der Waals surface area contributed by atoms with E-state index in [9.17, 15) is 32.8 Å². The smallest absolute Gasteiger partial charge is 0.250 e. The number of hydrogen-bond acceptors (Lipinski definition) is 8. The number of anilines is 2. The quantitative estimate of drug-likeness (QED) is 0.375. The number of halogens is 3. The van der Waals surface area contributed by atoms with Crippen molar-refractivity contribution in [2.24, 2.45) is 5.92 Å². The summed E-state index contributed by atoms with van der Waals surface area (Å²) in [4.78, 5) is 40.6. The monoisotopic (exact) mass is 551 g/mol. The molecule has 10 nitrogen and oxygen atoms in total. The van der Waals surface area contributed by atoms with Crippen LogP contribution in [0, 0.1) is 34.4 Å². The Balaban J connectivity index is 1.59. The number of piperidine rings is 1. The average Bonchev–Trinajstić information content (AvgIpc) is 3.19. The highest BCUT2D eigenvalue weighted by atomic mass is 32.2. The fourth-order valence-electron chi connectivity index (χ4n) is 4.20. The Morgan fingerprint density at radius 2 is 1.97 bits per heavy atom. The molecule has 2 heterocycles. The molecule has 3 rings (SSSR count). The van der Waals surface area contributed by atoms with Gasteiger partial charge in [-0.2, -0.15) is 10.5 Å². The van der Waals surface area contributed by atoms with Crippen LogP contribution in [0.5, 0.6) is 0 Å². The number of nitriles is 2. The Morgan fingerprint density at radius 3 is 2.61 bits per heavy atom. The maximum atomic E-state index is 14.3. The van der Waals surface area contributed by atoms with Gasteiger partial charge in [0.25, 0.3) is 5.92 Å². The predicted octanol–water partition coefficient (Wildman–Crippen LogP) is 1.98. The second-order valence-electron chi connectivity index (χ2n) is 8.88. The van der Waals surface area contributed by atoms with E-state index in [1.807, 2.05) is 6.07 Å². The zero-order valence-corrected chi connectivity index (χ0v) is 21.5. The van der Waals surface area contributed by atoms with Crippen molar-refractivity contribution in [3.63, 3.8) is 0 Å². The zero-order valence-electron chi connectivity index (χ0n) is 20.7. The lowest BCUT2D eigenvalue weighted by Gasteiger charge is -2.31. The van der Waals surface area contributed by atoms with Crippen LogP contribution in [-0.2, 0) is 14.4 Å². The predicted molar refractivity (Wildman–Crippen MR) is 134 cm³/mol. The molecule has 2 fully saturated rings. The summed E-state index contributed by atoms with van der Waals surface area (Å²) in [5.74, 6) is -6.02. The molecule has 0 saturated carbocycles. The summed E-state index contributed by atoms with van der Waals surface area (Å²) in [6.45, 7) is 1.86. The number of carbonyl (C=O) groups is 3. The number of rotatable bonds is 10. The van der Waals surface area contributed by atoms with Crippen molar-refractivity contribution in [2.75, 3.05) is 49.9 Å². The average molecular weight is 552 g/mol. The largest absolute Gasteiger partial charge is 0.383 e. The Bertz CT molecular complexity index is 1130. The molecule has 0 aromatic heterocycles. The van der Waals surface area contributed by atoms with Crippen molar-refractivity contribution in [2.45, 2.75) is 36.3 Å². The lowest BCUT2D eigenvalue weighted by Crippen LogP contribution is -2.44. The summed E-state index contributed by atoms with van der Waals surface area (Å²) >= 11 is 1.15. The molecule has 38 heavy (non-hydrogen) atoms. The molecule has 204 valence electrons. The molecule has 1 aromatic carbocycles. The number of amides is 3. The number of carbonyl (C=O) groups excluding carboxylic acids is 3. The van der Waals surface area contributed by atoms with Crippen LogP contribution in [0.3, 0.4) is 0 Å². The Morgan fingerprint density at radius 1 is 1.26 bits per heavy atom. The third-order valence-corrected chi connectivity index (χ3v) is 7.75. The molecule has 2 saturated heterocycles. The minimum Gasteiger partial charge on any atom is -0.383 e. The third-order valence-electron chi connectivity index (χ3n) is 6.25. The van der Waals surface area contributed by atoms with Crippen LogP contribution in [0.15, 0.2) is 18.2 Å². The van der Waals surface area contributed by atoms with Crippen LogP contribution in [0.1, 0.15) is 19.8 Å². The van der Waals surface area contributed by atoms with Crippen LogP contribution < -0.4 is 16.0 Å². The second kappa shape index (κ2) is 12.8. The summed E-state index contributed by atoms with van der Waals surface area (Å²) in [6, 6.07) is 7.64. The van der Waals surface area contributed by atoms with Crippen LogP contribution >= 0.6 is 11.8 Å². The molecule has 1 aromatic rings. The molecule has 3 N–H and O–H groups in total. The highest BCUT2D eigenvalue weighted by Crippen LogP contribution is 2.36. The first kappa shape index (κ1) is 29.1. The number of nitrogens with zero attached hydrogens (tertiary/aromatic N) is 4. The first-order chi connectivity index (χ1) is 18.1. The maximum absolute atomic E-state index is 14.3. The standard InChI is InChI=1S/C24H28F3N7O3S/c1-2-34-22(37)19(38-23(34)16(12-29)21(36)30-8-7-28)13-31-15-3-4-17(25)18(11-15)32-20(35)14-33-9-5-24(26,27)6-10-33/h3-4,11,16,19,23,31H,2,5-6,8-10,13-14H2,1H3,(H,30,36)(H,32,35). The van der Waals surface area contributed by atoms with E-state index < -0.39 is 40.1 Å². The van der Waals surface area contributed by atoms with Crippen molar-refractivity contribution in [1.29, 1.82) is 10.5 Å². The molecular weight excluding hydrogens is 523 g/mol. The Labute approximate surface area is 222 Å². The molecule has 3 atom stereocenters. The van der Waals surface area contributed by atoms with Crippen LogP contribution in [0.4, 0.5) is 24.5 Å². The lowest BCUT2D eigenvalue weighted by molar-refractivity contribution is -0.131. The molecular formula is C24H28F3N7O3S. The van der Waals surface area contributed by atoms with Gasteiger partial charge in [-0.25, -0.2) is 13.2 Å². The third kappa shape index (κ3) is 7.30. The Kier molecular flexibility index (Phi) is 9.83. The second-order valence-corrected chi connectivity index (χ2v) is 10.2. The van der Waals surface area contributed by atoms with Gasteiger partial charge in [-0.1, -0.05) is 0 Å². The minimum atomic E-state index is -2.73. The van der Waals surface area contributed by atoms with Gasteiger partial charge in [-0.15, -0.1) is 11.8 Å². The highest BCUT2D eigenvalue weighted by Gasteiger charge is 2.45. The van der Waals surface area contributed by atoms with E-state index in [1.165, 1.54) is 17.0 Å². The van der Waals surface area contributed by atoms with Gasteiger partial charge >= 0.3 is 0 Å².